The smallest absolute Gasteiger partial charge is 0.0779 e. The highest BCUT2D eigenvalue weighted by atomic mass is 79.9. The molecule has 3 N–H and O–H groups in total. The molecule has 2 rings (SSSR count). The van der Waals surface area contributed by atoms with Crippen molar-refractivity contribution in [1.29, 1.82) is 0 Å². The van der Waals surface area contributed by atoms with Gasteiger partial charge in [-0.3, -0.25) is 0 Å². The van der Waals surface area contributed by atoms with Crippen molar-refractivity contribution in [3.05, 3.63) is 34.3 Å². The van der Waals surface area contributed by atoms with Gasteiger partial charge in [0.2, 0.25) is 0 Å². The molecule has 0 aromatic heterocycles. The van der Waals surface area contributed by atoms with Crippen LogP contribution in [0.5, 0.6) is 0 Å². The van der Waals surface area contributed by atoms with Crippen LogP contribution >= 0.6 is 15.9 Å². The second-order valence-corrected chi connectivity index (χ2v) is 6.04. The van der Waals surface area contributed by atoms with E-state index in [1.54, 1.807) is 0 Å². The molecule has 2 atom stereocenters. The highest BCUT2D eigenvalue weighted by molar-refractivity contribution is 9.10. The number of rotatable bonds is 5. The van der Waals surface area contributed by atoms with E-state index in [1.165, 1.54) is 5.56 Å². The van der Waals surface area contributed by atoms with E-state index in [-0.39, 0.29) is 11.6 Å². The van der Waals surface area contributed by atoms with Gasteiger partial charge in [-0.2, -0.15) is 0 Å². The van der Waals surface area contributed by atoms with Crippen molar-refractivity contribution in [3.8, 4) is 0 Å². The van der Waals surface area contributed by atoms with Gasteiger partial charge >= 0.3 is 0 Å². The minimum absolute atomic E-state index is 0.0283. The summed E-state index contributed by atoms with van der Waals surface area (Å²) in [4.78, 5) is 0. The van der Waals surface area contributed by atoms with Crippen molar-refractivity contribution in [2.75, 3.05) is 19.7 Å². The molecule has 0 saturated carbocycles. The van der Waals surface area contributed by atoms with E-state index in [0.717, 1.165) is 30.5 Å². The maximum atomic E-state index is 5.86. The molecule has 0 aliphatic carbocycles. The molecule has 1 heterocycles. The summed E-state index contributed by atoms with van der Waals surface area (Å²) in [6.07, 6.45) is 2.28. The predicted octanol–water partition coefficient (Wildman–Crippen LogP) is 2.61. The molecule has 0 radical (unpaired) electrons. The third-order valence-electron chi connectivity index (χ3n) is 3.51. The molecule has 18 heavy (non-hydrogen) atoms. The normalized spacial score (nSPS) is 25.3. The summed E-state index contributed by atoms with van der Waals surface area (Å²) in [7, 11) is 0. The van der Waals surface area contributed by atoms with Gasteiger partial charge in [0.05, 0.1) is 5.60 Å². The van der Waals surface area contributed by atoms with Crippen LogP contribution in [0.3, 0.4) is 0 Å². The quantitative estimate of drug-likeness (QED) is 0.878. The molecule has 1 aliphatic rings. The maximum absolute atomic E-state index is 5.86. The summed E-state index contributed by atoms with van der Waals surface area (Å²) in [6, 6.07) is 8.47. The van der Waals surface area contributed by atoms with Gasteiger partial charge in [0.25, 0.3) is 0 Å². The number of nitrogens with two attached hydrogens (primary N) is 1. The molecule has 4 heteroatoms. The van der Waals surface area contributed by atoms with Crippen LogP contribution in [0, 0.1) is 0 Å². The zero-order chi connectivity index (χ0) is 13.0. The molecular weight excluding hydrogens is 292 g/mol. The monoisotopic (exact) mass is 312 g/mol. The Kier molecular flexibility index (Phi) is 4.78. The third kappa shape index (κ3) is 3.54. The Morgan fingerprint density at radius 3 is 3.00 bits per heavy atom. The molecule has 2 unspecified atom stereocenters. The Morgan fingerprint density at radius 1 is 1.56 bits per heavy atom. The van der Waals surface area contributed by atoms with Crippen LogP contribution in [0.1, 0.15) is 31.4 Å². The molecular formula is C14H21BrN2O. The molecule has 0 spiro atoms. The highest BCUT2D eigenvalue weighted by Gasteiger charge is 2.30. The van der Waals surface area contributed by atoms with Crippen LogP contribution in [0.2, 0.25) is 0 Å². The van der Waals surface area contributed by atoms with E-state index in [9.17, 15) is 0 Å². The fourth-order valence-corrected chi connectivity index (χ4v) is 2.79. The SMILES string of the molecule is CC1(CNC(CN)c2cccc(Br)c2)CCCO1. The van der Waals surface area contributed by atoms with Gasteiger partial charge in [0.15, 0.2) is 0 Å². The number of nitrogens with one attached hydrogen (secondary N) is 1. The van der Waals surface area contributed by atoms with Crippen LogP contribution in [0.15, 0.2) is 28.7 Å². The molecule has 0 bridgehead atoms. The van der Waals surface area contributed by atoms with Crippen molar-refractivity contribution in [1.82, 2.24) is 5.32 Å². The van der Waals surface area contributed by atoms with Gasteiger partial charge in [-0.05, 0) is 37.5 Å². The summed E-state index contributed by atoms with van der Waals surface area (Å²) >= 11 is 3.49. The highest BCUT2D eigenvalue weighted by Crippen LogP contribution is 2.25. The minimum atomic E-state index is -0.0283. The first-order valence-corrected chi connectivity index (χ1v) is 7.25. The average molecular weight is 313 g/mol. The number of hydrogen-bond acceptors (Lipinski definition) is 3. The second kappa shape index (κ2) is 6.15. The topological polar surface area (TPSA) is 47.3 Å². The molecule has 1 saturated heterocycles. The third-order valence-corrected chi connectivity index (χ3v) is 4.00. The van der Waals surface area contributed by atoms with Crippen LogP contribution in [-0.2, 0) is 4.74 Å². The maximum Gasteiger partial charge on any atom is 0.0779 e. The summed E-state index contributed by atoms with van der Waals surface area (Å²) in [5.41, 5.74) is 7.05. The Bertz CT molecular complexity index is 391. The van der Waals surface area contributed by atoms with Gasteiger partial charge in [0, 0.05) is 30.2 Å². The zero-order valence-electron chi connectivity index (χ0n) is 10.8. The molecule has 1 aliphatic heterocycles. The largest absolute Gasteiger partial charge is 0.374 e. The van der Waals surface area contributed by atoms with Crippen LogP contribution in [0.25, 0.3) is 0 Å². The van der Waals surface area contributed by atoms with Crippen LogP contribution < -0.4 is 11.1 Å². The fourth-order valence-electron chi connectivity index (χ4n) is 2.38. The molecule has 1 aromatic rings. The molecule has 0 amide bonds. The summed E-state index contributed by atoms with van der Waals surface area (Å²) in [5.74, 6) is 0. The fraction of sp³-hybridized carbons (Fsp3) is 0.571. The number of benzene rings is 1. The van der Waals surface area contributed by atoms with Gasteiger partial charge < -0.3 is 15.8 Å². The first kappa shape index (κ1) is 14.0. The van der Waals surface area contributed by atoms with Crippen LogP contribution in [0.4, 0.5) is 0 Å². The lowest BCUT2D eigenvalue weighted by Gasteiger charge is -2.27. The lowest BCUT2D eigenvalue weighted by atomic mass is 10.0. The molecule has 100 valence electrons. The minimum Gasteiger partial charge on any atom is -0.374 e. The summed E-state index contributed by atoms with van der Waals surface area (Å²) in [6.45, 7) is 4.48. The van der Waals surface area contributed by atoms with E-state index in [0.29, 0.717) is 6.54 Å². The first-order chi connectivity index (χ1) is 8.63. The van der Waals surface area contributed by atoms with Crippen molar-refractivity contribution in [2.24, 2.45) is 5.73 Å². The molecule has 3 nitrogen and oxygen atoms in total. The molecule has 1 fully saturated rings. The lowest BCUT2D eigenvalue weighted by Crippen LogP contribution is -2.40. The van der Waals surface area contributed by atoms with Gasteiger partial charge in [-0.25, -0.2) is 0 Å². The van der Waals surface area contributed by atoms with Crippen molar-refractivity contribution >= 4 is 15.9 Å². The first-order valence-electron chi connectivity index (χ1n) is 6.46. The van der Waals surface area contributed by atoms with Crippen molar-refractivity contribution in [3.63, 3.8) is 0 Å². The van der Waals surface area contributed by atoms with Crippen molar-refractivity contribution in [2.45, 2.75) is 31.4 Å². The van der Waals surface area contributed by atoms with Gasteiger partial charge in [-0.15, -0.1) is 0 Å². The molecule has 1 aromatic carbocycles. The summed E-state index contributed by atoms with van der Waals surface area (Å²) in [5, 5.41) is 3.52. The summed E-state index contributed by atoms with van der Waals surface area (Å²) < 4.78 is 6.87. The zero-order valence-corrected chi connectivity index (χ0v) is 12.4. The number of halogens is 1. The second-order valence-electron chi connectivity index (χ2n) is 5.13. The Balaban J connectivity index is 1.97. The van der Waals surface area contributed by atoms with Gasteiger partial charge in [-0.1, -0.05) is 28.1 Å². The Hall–Kier alpha value is -0.420. The number of ether oxygens (including phenoxy) is 1. The predicted molar refractivity (Wildman–Crippen MR) is 77.5 cm³/mol. The lowest BCUT2D eigenvalue weighted by molar-refractivity contribution is 0.0189. The van der Waals surface area contributed by atoms with Crippen LogP contribution in [-0.4, -0.2) is 25.3 Å². The van der Waals surface area contributed by atoms with E-state index >= 15 is 0 Å². The Morgan fingerprint density at radius 2 is 2.39 bits per heavy atom. The van der Waals surface area contributed by atoms with E-state index < -0.39 is 0 Å². The standard InChI is InChI=1S/C14H21BrN2O/c1-14(6-3-7-18-14)10-17-13(9-16)11-4-2-5-12(15)8-11/h2,4-5,8,13,17H,3,6-7,9-10,16H2,1H3. The van der Waals surface area contributed by atoms with Gasteiger partial charge in [0.1, 0.15) is 0 Å². The Labute approximate surface area is 117 Å². The number of hydrogen-bond donors (Lipinski definition) is 2. The van der Waals surface area contributed by atoms with E-state index in [2.05, 4.69) is 40.3 Å². The van der Waals surface area contributed by atoms with E-state index in [1.807, 2.05) is 12.1 Å². The average Bonchev–Trinajstić information content (AvgIpc) is 2.77. The van der Waals surface area contributed by atoms with Crippen molar-refractivity contribution < 1.29 is 4.74 Å². The van der Waals surface area contributed by atoms with E-state index in [4.69, 9.17) is 10.5 Å².